The van der Waals surface area contributed by atoms with Crippen LogP contribution in [0, 0.1) is 11.8 Å². The Hall–Kier alpha value is -0.0400. The van der Waals surface area contributed by atoms with Crippen molar-refractivity contribution in [1.29, 1.82) is 0 Å². The number of rotatable bonds is 10. The predicted octanol–water partition coefficient (Wildman–Crippen LogP) is 5.64. The molecule has 1 aliphatic heterocycles. The minimum atomic E-state index is 0.871. The van der Waals surface area contributed by atoms with Crippen LogP contribution in [0.4, 0.5) is 0 Å². The summed E-state index contributed by atoms with van der Waals surface area (Å²) in [7, 11) is 0. The highest BCUT2D eigenvalue weighted by atomic mass is 15.4. The molecule has 0 saturated carbocycles. The van der Waals surface area contributed by atoms with Crippen molar-refractivity contribution in [3.63, 3.8) is 0 Å². The zero-order valence-corrected chi connectivity index (χ0v) is 15.1. The highest BCUT2D eigenvalue weighted by Crippen LogP contribution is 2.41. The van der Waals surface area contributed by atoms with Crippen LogP contribution in [0.15, 0.2) is 0 Å². The van der Waals surface area contributed by atoms with E-state index in [0.717, 1.165) is 23.9 Å². The van der Waals surface area contributed by atoms with Crippen molar-refractivity contribution in [2.24, 2.45) is 11.8 Å². The first-order valence-corrected chi connectivity index (χ1v) is 9.34. The second-order valence-corrected chi connectivity index (χ2v) is 7.82. The van der Waals surface area contributed by atoms with E-state index in [1.54, 1.807) is 0 Å². The van der Waals surface area contributed by atoms with Crippen LogP contribution in [0.5, 0.6) is 0 Å². The summed E-state index contributed by atoms with van der Waals surface area (Å²) in [4.78, 5) is 0. The monoisotopic (exact) mass is 282 g/mol. The van der Waals surface area contributed by atoms with Crippen molar-refractivity contribution in [1.82, 2.24) is 0 Å². The average molecular weight is 283 g/mol. The van der Waals surface area contributed by atoms with Crippen molar-refractivity contribution in [3.8, 4) is 0 Å². The lowest BCUT2D eigenvalue weighted by molar-refractivity contribution is -1.02. The molecule has 0 aromatic rings. The first kappa shape index (κ1) is 18.0. The summed E-state index contributed by atoms with van der Waals surface area (Å²) >= 11 is 0. The smallest absolute Gasteiger partial charge is 0.0972 e. The fraction of sp³-hybridized carbons (Fsp3) is 1.00. The molecule has 0 aromatic carbocycles. The quantitative estimate of drug-likeness (QED) is 0.359. The summed E-state index contributed by atoms with van der Waals surface area (Å²) in [6, 6.07) is 1.84. The molecule has 0 N–H and O–H groups in total. The zero-order chi connectivity index (χ0) is 15.2. The number of hydrogen-bond donors (Lipinski definition) is 0. The Labute approximate surface area is 128 Å². The van der Waals surface area contributed by atoms with Crippen molar-refractivity contribution in [2.75, 3.05) is 13.1 Å². The van der Waals surface area contributed by atoms with Gasteiger partial charge in [0, 0.05) is 0 Å². The van der Waals surface area contributed by atoms with Crippen LogP contribution in [0.3, 0.4) is 0 Å². The Bertz CT molecular complexity index is 260. The summed E-state index contributed by atoms with van der Waals surface area (Å²) in [6.07, 6.45) is 9.96. The maximum atomic E-state index is 2.53. The van der Waals surface area contributed by atoms with Gasteiger partial charge in [-0.05, 0) is 45.4 Å². The number of likely N-dealkylation sites (tertiary alicyclic amines) is 1. The van der Waals surface area contributed by atoms with Gasteiger partial charge in [-0.3, -0.25) is 0 Å². The molecule has 0 aliphatic carbocycles. The van der Waals surface area contributed by atoms with Crippen molar-refractivity contribution >= 4 is 0 Å². The molecule has 1 heteroatoms. The molecular weight excluding hydrogens is 242 g/mol. The Balaban J connectivity index is 2.52. The number of quaternary nitrogens is 1. The van der Waals surface area contributed by atoms with E-state index in [0.29, 0.717) is 0 Å². The van der Waals surface area contributed by atoms with Crippen LogP contribution in [0.1, 0.15) is 86.5 Å². The van der Waals surface area contributed by atoms with E-state index in [9.17, 15) is 0 Å². The van der Waals surface area contributed by atoms with E-state index >= 15 is 0 Å². The van der Waals surface area contributed by atoms with E-state index in [1.807, 2.05) is 0 Å². The van der Waals surface area contributed by atoms with E-state index in [2.05, 4.69) is 41.5 Å². The fourth-order valence-corrected chi connectivity index (χ4v) is 4.57. The third-order valence-corrected chi connectivity index (χ3v) is 5.92. The van der Waals surface area contributed by atoms with Crippen LogP contribution in [0.2, 0.25) is 0 Å². The summed E-state index contributed by atoms with van der Waals surface area (Å²) in [5, 5.41) is 0. The average Bonchev–Trinajstić information content (AvgIpc) is 2.40. The molecular formula is C19H40N+. The summed E-state index contributed by atoms with van der Waals surface area (Å²) in [5.41, 5.74) is 0. The maximum Gasteiger partial charge on any atom is 0.0972 e. The lowest BCUT2D eigenvalue weighted by Gasteiger charge is -2.60. The molecule has 1 saturated heterocycles. The van der Waals surface area contributed by atoms with Crippen LogP contribution >= 0.6 is 0 Å². The molecule has 1 nitrogen and oxygen atoms in total. The van der Waals surface area contributed by atoms with Gasteiger partial charge in [-0.2, -0.15) is 0 Å². The Kier molecular flexibility index (Phi) is 7.58. The molecule has 0 bridgehead atoms. The molecule has 120 valence electrons. The maximum absolute atomic E-state index is 2.53. The lowest BCUT2D eigenvalue weighted by Crippen LogP contribution is -2.73. The van der Waals surface area contributed by atoms with E-state index < -0.39 is 0 Å². The predicted molar refractivity (Wildman–Crippen MR) is 90.9 cm³/mol. The van der Waals surface area contributed by atoms with Gasteiger partial charge in [0.25, 0.3) is 0 Å². The van der Waals surface area contributed by atoms with E-state index in [-0.39, 0.29) is 0 Å². The Morgan fingerprint density at radius 3 is 2.20 bits per heavy atom. The Morgan fingerprint density at radius 2 is 1.70 bits per heavy atom. The van der Waals surface area contributed by atoms with Gasteiger partial charge >= 0.3 is 0 Å². The van der Waals surface area contributed by atoms with Gasteiger partial charge in [0.1, 0.15) is 0 Å². The normalized spacial score (nSPS) is 31.4. The summed E-state index contributed by atoms with van der Waals surface area (Å²) in [6.45, 7) is 17.3. The largest absolute Gasteiger partial charge is 0.318 e. The summed E-state index contributed by atoms with van der Waals surface area (Å²) in [5.74, 6) is 1.83. The van der Waals surface area contributed by atoms with Gasteiger partial charge in [0.15, 0.2) is 0 Å². The summed E-state index contributed by atoms with van der Waals surface area (Å²) < 4.78 is 1.43. The van der Waals surface area contributed by atoms with Crippen molar-refractivity contribution in [2.45, 2.75) is 98.6 Å². The van der Waals surface area contributed by atoms with Gasteiger partial charge in [-0.1, -0.05) is 47.0 Å². The second-order valence-electron chi connectivity index (χ2n) is 7.82. The van der Waals surface area contributed by atoms with Gasteiger partial charge < -0.3 is 4.48 Å². The minimum absolute atomic E-state index is 0.871. The topological polar surface area (TPSA) is 0 Å². The molecule has 0 amide bonds. The molecule has 1 rings (SSSR count). The fourth-order valence-electron chi connectivity index (χ4n) is 4.57. The molecule has 20 heavy (non-hydrogen) atoms. The number of nitrogens with zero attached hydrogens (tertiary/aromatic N) is 1. The molecule has 1 fully saturated rings. The van der Waals surface area contributed by atoms with Gasteiger partial charge in [-0.25, -0.2) is 0 Å². The van der Waals surface area contributed by atoms with Crippen molar-refractivity contribution < 1.29 is 4.48 Å². The molecule has 4 atom stereocenters. The first-order valence-electron chi connectivity index (χ1n) is 9.34. The van der Waals surface area contributed by atoms with Gasteiger partial charge in [-0.15, -0.1) is 0 Å². The number of unbranched alkanes of at least 4 members (excludes halogenated alkanes) is 2. The lowest BCUT2D eigenvalue weighted by atomic mass is 9.79. The first-order chi connectivity index (χ1) is 9.47. The van der Waals surface area contributed by atoms with E-state index in [4.69, 9.17) is 0 Å². The molecule has 1 aliphatic rings. The minimum Gasteiger partial charge on any atom is -0.318 e. The van der Waals surface area contributed by atoms with Crippen LogP contribution in [-0.2, 0) is 0 Å². The highest BCUT2D eigenvalue weighted by Gasteiger charge is 2.52. The third-order valence-electron chi connectivity index (χ3n) is 5.92. The zero-order valence-electron chi connectivity index (χ0n) is 15.1. The molecule has 1 heterocycles. The van der Waals surface area contributed by atoms with Crippen molar-refractivity contribution in [3.05, 3.63) is 0 Å². The van der Waals surface area contributed by atoms with Gasteiger partial charge in [0.2, 0.25) is 0 Å². The number of hydrogen-bond acceptors (Lipinski definition) is 0. The Morgan fingerprint density at radius 1 is 1.00 bits per heavy atom. The van der Waals surface area contributed by atoms with Gasteiger partial charge in [0.05, 0.1) is 31.1 Å². The van der Waals surface area contributed by atoms with Crippen LogP contribution < -0.4 is 0 Å². The van der Waals surface area contributed by atoms with E-state index in [1.165, 1.54) is 62.5 Å². The third kappa shape index (κ3) is 4.23. The molecule has 0 aromatic heterocycles. The molecule has 4 unspecified atom stereocenters. The molecule has 0 radical (unpaired) electrons. The molecule has 0 spiro atoms. The standard InChI is InChI=1S/C19H40N/c1-7-9-10-13-18(6)20(8-2)15-17(5)19(20)14-11-12-16(3)4/h16-19H,7-15H2,1-6H3/q+1. The highest BCUT2D eigenvalue weighted by molar-refractivity contribution is 4.81. The van der Waals surface area contributed by atoms with Crippen LogP contribution in [-0.4, -0.2) is 29.7 Å². The second kappa shape index (κ2) is 8.41. The SMILES string of the molecule is CCCCCC(C)[N+]1(CC)CC(C)C1CCCC(C)C. The van der Waals surface area contributed by atoms with Crippen LogP contribution in [0.25, 0.3) is 0 Å².